The quantitative estimate of drug-likeness (QED) is 0.582. The molecule has 0 bridgehead atoms. The lowest BCUT2D eigenvalue weighted by atomic mass is 9.94. The molecule has 1 aliphatic rings. The van der Waals surface area contributed by atoms with E-state index in [1.165, 1.54) is 61.8 Å². The Morgan fingerprint density at radius 2 is 2.10 bits per heavy atom. The van der Waals surface area contributed by atoms with E-state index < -0.39 is 0 Å². The summed E-state index contributed by atoms with van der Waals surface area (Å²) in [6.45, 7) is 5.78. The molecular weight excluding hydrogens is 286 g/mol. The first kappa shape index (κ1) is 16.3. The van der Waals surface area contributed by atoms with E-state index in [1.807, 2.05) is 0 Å². The molecule has 1 aromatic heterocycles. The van der Waals surface area contributed by atoms with Crippen molar-refractivity contribution in [2.75, 3.05) is 6.54 Å². The summed E-state index contributed by atoms with van der Waals surface area (Å²) < 4.78 is 0.956. The molecule has 1 atom stereocenters. The van der Waals surface area contributed by atoms with Gasteiger partial charge in [0.2, 0.25) is 0 Å². The Kier molecular flexibility index (Phi) is 6.86. The highest BCUT2D eigenvalue weighted by molar-refractivity contribution is 7.16. The van der Waals surface area contributed by atoms with E-state index in [1.54, 1.807) is 11.3 Å². The van der Waals surface area contributed by atoms with E-state index >= 15 is 0 Å². The van der Waals surface area contributed by atoms with Crippen LogP contribution >= 0.6 is 22.9 Å². The standard InChI is InChI=1S/C17H28ClNS/c1-13(2)8-5-3-4-6-11-19-15-9-7-10-16-14(15)12-17(18)20-16/h12-13,15,19H,3-11H2,1-2H3. The molecule has 0 aromatic carbocycles. The van der Waals surface area contributed by atoms with Gasteiger partial charge in [-0.05, 0) is 49.8 Å². The molecule has 0 saturated carbocycles. The lowest BCUT2D eigenvalue weighted by Gasteiger charge is -2.23. The third-order valence-corrected chi connectivity index (χ3v) is 5.52. The maximum atomic E-state index is 6.15. The molecule has 1 aromatic rings. The van der Waals surface area contributed by atoms with Crippen molar-refractivity contribution in [3.05, 3.63) is 20.8 Å². The number of nitrogens with one attached hydrogen (secondary N) is 1. The van der Waals surface area contributed by atoms with Gasteiger partial charge in [0, 0.05) is 10.9 Å². The first-order valence-corrected chi connectivity index (χ1v) is 9.37. The summed E-state index contributed by atoms with van der Waals surface area (Å²) in [5, 5.41) is 3.74. The molecular formula is C17H28ClNS. The fourth-order valence-corrected chi connectivity index (χ4v) is 4.42. The van der Waals surface area contributed by atoms with Crippen molar-refractivity contribution in [1.82, 2.24) is 5.32 Å². The van der Waals surface area contributed by atoms with Crippen molar-refractivity contribution < 1.29 is 0 Å². The molecule has 0 radical (unpaired) electrons. The average Bonchev–Trinajstić information content (AvgIpc) is 2.78. The highest BCUT2D eigenvalue weighted by atomic mass is 35.5. The van der Waals surface area contributed by atoms with E-state index in [4.69, 9.17) is 11.6 Å². The Balaban J connectivity index is 1.63. The van der Waals surface area contributed by atoms with Crippen LogP contribution in [0, 0.1) is 5.92 Å². The van der Waals surface area contributed by atoms with Crippen LogP contribution in [0.5, 0.6) is 0 Å². The van der Waals surface area contributed by atoms with E-state index in [0.717, 1.165) is 16.8 Å². The van der Waals surface area contributed by atoms with Crippen LogP contribution in [0.4, 0.5) is 0 Å². The normalized spacial score (nSPS) is 18.5. The van der Waals surface area contributed by atoms with Crippen LogP contribution in [0.2, 0.25) is 4.34 Å². The van der Waals surface area contributed by atoms with E-state index in [2.05, 4.69) is 25.2 Å². The van der Waals surface area contributed by atoms with Gasteiger partial charge >= 0.3 is 0 Å². The van der Waals surface area contributed by atoms with Gasteiger partial charge in [-0.25, -0.2) is 0 Å². The summed E-state index contributed by atoms with van der Waals surface area (Å²) in [6.07, 6.45) is 10.6. The Bertz CT molecular complexity index is 400. The molecule has 0 spiro atoms. The maximum absolute atomic E-state index is 6.15. The molecule has 1 aliphatic carbocycles. The van der Waals surface area contributed by atoms with Crippen molar-refractivity contribution >= 4 is 22.9 Å². The zero-order chi connectivity index (χ0) is 14.4. The molecule has 0 fully saturated rings. The smallest absolute Gasteiger partial charge is 0.0934 e. The van der Waals surface area contributed by atoms with Crippen molar-refractivity contribution in [2.24, 2.45) is 5.92 Å². The lowest BCUT2D eigenvalue weighted by molar-refractivity contribution is 0.447. The third kappa shape index (κ3) is 5.05. The second kappa shape index (κ2) is 8.41. The fourth-order valence-electron chi connectivity index (χ4n) is 3.04. The summed E-state index contributed by atoms with van der Waals surface area (Å²) >= 11 is 7.92. The summed E-state index contributed by atoms with van der Waals surface area (Å²) in [5.74, 6) is 0.858. The van der Waals surface area contributed by atoms with Crippen LogP contribution < -0.4 is 5.32 Å². The molecule has 0 saturated heterocycles. The van der Waals surface area contributed by atoms with Gasteiger partial charge in [-0.1, -0.05) is 51.1 Å². The summed E-state index contributed by atoms with van der Waals surface area (Å²) in [6, 6.07) is 2.74. The topological polar surface area (TPSA) is 12.0 Å². The molecule has 2 rings (SSSR count). The van der Waals surface area contributed by atoms with Crippen molar-refractivity contribution in [3.8, 4) is 0 Å². The van der Waals surface area contributed by atoms with Crippen molar-refractivity contribution in [2.45, 2.75) is 71.3 Å². The predicted octanol–water partition coefficient (Wildman–Crippen LogP) is 5.98. The molecule has 3 heteroatoms. The number of aryl methyl sites for hydroxylation is 1. The van der Waals surface area contributed by atoms with Gasteiger partial charge in [0.25, 0.3) is 0 Å². The minimum Gasteiger partial charge on any atom is -0.310 e. The Morgan fingerprint density at radius 3 is 2.90 bits per heavy atom. The van der Waals surface area contributed by atoms with Crippen LogP contribution in [-0.2, 0) is 6.42 Å². The van der Waals surface area contributed by atoms with Crippen LogP contribution in [-0.4, -0.2) is 6.54 Å². The molecule has 0 amide bonds. The van der Waals surface area contributed by atoms with E-state index in [-0.39, 0.29) is 0 Å². The highest BCUT2D eigenvalue weighted by Crippen LogP contribution is 2.37. The van der Waals surface area contributed by atoms with Gasteiger partial charge in [-0.15, -0.1) is 11.3 Å². The zero-order valence-corrected chi connectivity index (χ0v) is 14.5. The first-order valence-electron chi connectivity index (χ1n) is 8.18. The average molecular weight is 314 g/mol. The summed E-state index contributed by atoms with van der Waals surface area (Å²) in [4.78, 5) is 1.51. The first-order chi connectivity index (χ1) is 9.66. The second-order valence-corrected chi connectivity index (χ2v) is 8.19. The molecule has 114 valence electrons. The summed E-state index contributed by atoms with van der Waals surface area (Å²) in [7, 11) is 0. The van der Waals surface area contributed by atoms with Crippen LogP contribution in [0.3, 0.4) is 0 Å². The molecule has 1 heterocycles. The van der Waals surface area contributed by atoms with Gasteiger partial charge in [0.15, 0.2) is 0 Å². The Labute approximate surface area is 133 Å². The minimum absolute atomic E-state index is 0.554. The van der Waals surface area contributed by atoms with Gasteiger partial charge in [0.05, 0.1) is 4.34 Å². The van der Waals surface area contributed by atoms with Crippen LogP contribution in [0.1, 0.15) is 75.3 Å². The molecule has 1 N–H and O–H groups in total. The van der Waals surface area contributed by atoms with Crippen LogP contribution in [0.15, 0.2) is 6.07 Å². The van der Waals surface area contributed by atoms with Crippen molar-refractivity contribution in [3.63, 3.8) is 0 Å². The van der Waals surface area contributed by atoms with Gasteiger partial charge < -0.3 is 5.32 Å². The molecule has 20 heavy (non-hydrogen) atoms. The minimum atomic E-state index is 0.554. The predicted molar refractivity (Wildman–Crippen MR) is 90.9 cm³/mol. The number of hydrogen-bond donors (Lipinski definition) is 1. The number of halogens is 1. The Morgan fingerprint density at radius 1 is 1.30 bits per heavy atom. The number of hydrogen-bond acceptors (Lipinski definition) is 2. The zero-order valence-electron chi connectivity index (χ0n) is 12.9. The van der Waals surface area contributed by atoms with Gasteiger partial charge in [-0.2, -0.15) is 0 Å². The third-order valence-electron chi connectivity index (χ3n) is 4.18. The monoisotopic (exact) mass is 313 g/mol. The lowest BCUT2D eigenvalue weighted by Crippen LogP contribution is -2.25. The maximum Gasteiger partial charge on any atom is 0.0934 e. The van der Waals surface area contributed by atoms with Gasteiger partial charge in [0.1, 0.15) is 0 Å². The molecule has 0 aliphatic heterocycles. The Hall–Kier alpha value is -0.0500. The van der Waals surface area contributed by atoms with Gasteiger partial charge in [-0.3, -0.25) is 0 Å². The number of unbranched alkanes of at least 4 members (excludes halogenated alkanes) is 3. The number of rotatable bonds is 8. The molecule has 1 nitrogen and oxygen atoms in total. The number of fused-ring (bicyclic) bond motifs is 1. The number of thiophene rings is 1. The largest absolute Gasteiger partial charge is 0.310 e. The fraction of sp³-hybridized carbons (Fsp3) is 0.765. The highest BCUT2D eigenvalue weighted by Gasteiger charge is 2.21. The SMILES string of the molecule is CC(C)CCCCCCNC1CCCc2sc(Cl)cc21. The second-order valence-electron chi connectivity index (χ2n) is 6.42. The van der Waals surface area contributed by atoms with Crippen LogP contribution in [0.25, 0.3) is 0 Å². The van der Waals surface area contributed by atoms with E-state index in [9.17, 15) is 0 Å². The molecule has 1 unspecified atom stereocenters. The summed E-state index contributed by atoms with van der Waals surface area (Å²) in [5.41, 5.74) is 1.48. The van der Waals surface area contributed by atoms with E-state index in [0.29, 0.717) is 6.04 Å². The van der Waals surface area contributed by atoms with Crippen molar-refractivity contribution in [1.29, 1.82) is 0 Å².